The molecule has 0 spiro atoms. The molecular formula is C14H15FINOS. The van der Waals surface area contributed by atoms with Gasteiger partial charge in [0.1, 0.15) is 0 Å². The Bertz CT molecular complexity index is 558. The summed E-state index contributed by atoms with van der Waals surface area (Å²) in [7, 11) is 1.48. The molecule has 0 radical (unpaired) electrons. The Kier molecular flexibility index (Phi) is 5.18. The molecule has 1 atom stereocenters. The molecule has 0 aliphatic heterocycles. The maximum atomic E-state index is 14.4. The number of ether oxygens (including phenoxy) is 1. The lowest BCUT2D eigenvalue weighted by Gasteiger charge is -2.19. The molecule has 0 aliphatic rings. The quantitative estimate of drug-likeness (QED) is 0.772. The summed E-state index contributed by atoms with van der Waals surface area (Å²) >= 11 is 3.94. The van der Waals surface area contributed by atoms with Gasteiger partial charge in [0.25, 0.3) is 0 Å². The Labute approximate surface area is 130 Å². The fraction of sp³-hybridized carbons (Fsp3) is 0.286. The average molecular weight is 391 g/mol. The molecule has 2 nitrogen and oxygen atoms in total. The molecule has 1 aromatic heterocycles. The van der Waals surface area contributed by atoms with E-state index in [1.54, 1.807) is 23.5 Å². The van der Waals surface area contributed by atoms with Crippen LogP contribution in [0.25, 0.3) is 0 Å². The summed E-state index contributed by atoms with van der Waals surface area (Å²) < 4.78 is 20.6. The fourth-order valence-corrected chi connectivity index (χ4v) is 3.39. The highest BCUT2D eigenvalue weighted by atomic mass is 127. The minimum Gasteiger partial charge on any atom is -0.494 e. The third kappa shape index (κ3) is 3.27. The van der Waals surface area contributed by atoms with Crippen LogP contribution in [-0.4, -0.2) is 13.7 Å². The van der Waals surface area contributed by atoms with Crippen LogP contribution in [0, 0.1) is 8.70 Å². The van der Waals surface area contributed by atoms with Gasteiger partial charge >= 0.3 is 0 Å². The number of rotatable bonds is 5. The number of hydrogen-bond donors (Lipinski definition) is 1. The maximum absolute atomic E-state index is 14.4. The molecule has 0 fully saturated rings. The number of nitrogens with one attached hydrogen (secondary N) is 1. The first kappa shape index (κ1) is 14.7. The van der Waals surface area contributed by atoms with E-state index in [0.29, 0.717) is 5.56 Å². The Morgan fingerprint density at radius 2 is 2.26 bits per heavy atom. The van der Waals surface area contributed by atoms with Crippen LogP contribution in [0.15, 0.2) is 29.6 Å². The smallest absolute Gasteiger partial charge is 0.170 e. The molecule has 1 unspecified atom stereocenters. The van der Waals surface area contributed by atoms with Gasteiger partial charge in [-0.25, -0.2) is 4.39 Å². The summed E-state index contributed by atoms with van der Waals surface area (Å²) in [5, 5.41) is 5.39. The maximum Gasteiger partial charge on any atom is 0.170 e. The van der Waals surface area contributed by atoms with Crippen molar-refractivity contribution >= 4 is 33.9 Å². The van der Waals surface area contributed by atoms with Gasteiger partial charge in [0.05, 0.1) is 16.0 Å². The van der Waals surface area contributed by atoms with Crippen LogP contribution in [0.3, 0.4) is 0 Å². The van der Waals surface area contributed by atoms with Crippen molar-refractivity contribution in [2.75, 3.05) is 13.7 Å². The van der Waals surface area contributed by atoms with Crippen LogP contribution >= 0.6 is 33.9 Å². The molecule has 5 heteroatoms. The average Bonchev–Trinajstić information content (AvgIpc) is 2.83. The second-order valence-electron chi connectivity index (χ2n) is 4.04. The minimum atomic E-state index is -0.294. The summed E-state index contributed by atoms with van der Waals surface area (Å²) in [6.07, 6.45) is 0. The zero-order valence-corrected chi connectivity index (χ0v) is 13.7. The van der Waals surface area contributed by atoms with Crippen molar-refractivity contribution in [2.24, 2.45) is 0 Å². The summed E-state index contributed by atoms with van der Waals surface area (Å²) in [6, 6.07) is 7.20. The van der Waals surface area contributed by atoms with E-state index >= 15 is 0 Å². The van der Waals surface area contributed by atoms with Gasteiger partial charge < -0.3 is 10.1 Å². The summed E-state index contributed by atoms with van der Waals surface area (Å²) in [5.41, 5.74) is 1.71. The fourth-order valence-electron chi connectivity index (χ4n) is 1.99. The van der Waals surface area contributed by atoms with Crippen molar-refractivity contribution in [1.82, 2.24) is 5.32 Å². The minimum absolute atomic E-state index is 0.139. The summed E-state index contributed by atoms with van der Waals surface area (Å²) in [4.78, 5) is 0. The van der Waals surface area contributed by atoms with Crippen LogP contribution in [0.1, 0.15) is 24.1 Å². The van der Waals surface area contributed by atoms with Gasteiger partial charge in [0, 0.05) is 5.56 Å². The molecule has 2 rings (SSSR count). The lowest BCUT2D eigenvalue weighted by atomic mass is 10.0. The van der Waals surface area contributed by atoms with E-state index in [1.165, 1.54) is 9.99 Å². The van der Waals surface area contributed by atoms with Gasteiger partial charge in [-0.1, -0.05) is 19.1 Å². The molecular weight excluding hydrogens is 376 g/mol. The number of hydrogen-bond acceptors (Lipinski definition) is 3. The van der Waals surface area contributed by atoms with Crippen molar-refractivity contribution in [3.63, 3.8) is 0 Å². The molecule has 1 heterocycles. The number of methoxy groups -OCH3 is 1. The molecule has 0 saturated carbocycles. The Morgan fingerprint density at radius 1 is 1.47 bits per heavy atom. The predicted molar refractivity (Wildman–Crippen MR) is 85.5 cm³/mol. The monoisotopic (exact) mass is 391 g/mol. The van der Waals surface area contributed by atoms with Crippen molar-refractivity contribution < 1.29 is 9.13 Å². The lowest BCUT2D eigenvalue weighted by molar-refractivity contribution is 0.382. The van der Waals surface area contributed by atoms with Crippen molar-refractivity contribution in [1.29, 1.82) is 0 Å². The molecule has 19 heavy (non-hydrogen) atoms. The van der Waals surface area contributed by atoms with E-state index in [4.69, 9.17) is 4.74 Å². The first-order chi connectivity index (χ1) is 9.17. The molecule has 2 aromatic rings. The molecule has 1 aromatic carbocycles. The van der Waals surface area contributed by atoms with Crippen LogP contribution in [0.4, 0.5) is 4.39 Å². The first-order valence-electron chi connectivity index (χ1n) is 5.97. The van der Waals surface area contributed by atoms with Gasteiger partial charge in [0.15, 0.2) is 11.6 Å². The lowest BCUT2D eigenvalue weighted by Crippen LogP contribution is -2.22. The van der Waals surface area contributed by atoms with Crippen LogP contribution in [-0.2, 0) is 0 Å². The molecule has 0 bridgehead atoms. The topological polar surface area (TPSA) is 21.3 Å². The van der Waals surface area contributed by atoms with E-state index in [9.17, 15) is 4.39 Å². The summed E-state index contributed by atoms with van der Waals surface area (Å²) in [6.45, 7) is 2.79. The van der Waals surface area contributed by atoms with E-state index in [2.05, 4.69) is 39.4 Å². The van der Waals surface area contributed by atoms with E-state index in [1.807, 2.05) is 13.0 Å². The van der Waals surface area contributed by atoms with Gasteiger partial charge in [-0.3, -0.25) is 0 Å². The van der Waals surface area contributed by atoms with E-state index in [-0.39, 0.29) is 17.6 Å². The molecule has 1 N–H and O–H groups in total. The van der Waals surface area contributed by atoms with Crippen molar-refractivity contribution in [3.05, 3.63) is 49.5 Å². The van der Waals surface area contributed by atoms with E-state index in [0.717, 1.165) is 12.1 Å². The Balaban J connectivity index is 2.44. The van der Waals surface area contributed by atoms with E-state index < -0.39 is 0 Å². The molecule has 102 valence electrons. The Hall–Kier alpha value is -0.660. The van der Waals surface area contributed by atoms with Gasteiger partial charge in [-0.2, -0.15) is 0 Å². The molecule has 0 aliphatic carbocycles. The number of halogens is 2. The zero-order chi connectivity index (χ0) is 13.8. The van der Waals surface area contributed by atoms with Crippen LogP contribution in [0.5, 0.6) is 5.75 Å². The van der Waals surface area contributed by atoms with Gasteiger partial charge in [-0.05, 0) is 52.2 Å². The second-order valence-corrected chi connectivity index (χ2v) is 6.84. The first-order valence-corrected chi connectivity index (χ1v) is 7.93. The van der Waals surface area contributed by atoms with Crippen LogP contribution < -0.4 is 10.1 Å². The highest BCUT2D eigenvalue weighted by Crippen LogP contribution is 2.31. The summed E-state index contributed by atoms with van der Waals surface area (Å²) in [5.74, 6) is -0.0116. The predicted octanol–water partition coefficient (Wildman–Crippen LogP) is 4.20. The highest BCUT2D eigenvalue weighted by Gasteiger charge is 2.20. The third-order valence-corrected chi connectivity index (χ3v) is 4.66. The van der Waals surface area contributed by atoms with Gasteiger partial charge in [0.2, 0.25) is 0 Å². The largest absolute Gasteiger partial charge is 0.494 e. The standard InChI is InChI=1S/C14H15FINOS/c1-3-17-14(9-7-12(16)19-8-9)10-5-4-6-11(18-2)13(10)15/h4-8,14,17H,3H2,1-2H3. The van der Waals surface area contributed by atoms with Crippen molar-refractivity contribution in [3.8, 4) is 5.75 Å². The van der Waals surface area contributed by atoms with Crippen LogP contribution in [0.2, 0.25) is 0 Å². The third-order valence-electron chi connectivity index (χ3n) is 2.85. The van der Waals surface area contributed by atoms with Crippen molar-refractivity contribution in [2.45, 2.75) is 13.0 Å². The Morgan fingerprint density at radius 3 is 2.84 bits per heavy atom. The van der Waals surface area contributed by atoms with Gasteiger partial charge in [-0.15, -0.1) is 11.3 Å². The number of benzene rings is 1. The molecule has 0 saturated heterocycles. The molecule has 0 amide bonds. The number of thiophene rings is 1. The zero-order valence-electron chi connectivity index (χ0n) is 10.7. The second kappa shape index (κ2) is 6.67. The highest BCUT2D eigenvalue weighted by molar-refractivity contribution is 14.1. The SMILES string of the molecule is CCNC(c1csc(I)c1)c1cccc(OC)c1F. The normalized spacial score (nSPS) is 12.4.